The summed E-state index contributed by atoms with van der Waals surface area (Å²) in [5.74, 6) is -0.566. The van der Waals surface area contributed by atoms with Gasteiger partial charge in [-0.2, -0.15) is 0 Å². The SMILES string of the molecule is CC1CN(C(=O)CNC(=O)Cc2ccccc2)c2ccc(F)cc2O1. The molecule has 2 amide bonds. The van der Waals surface area contributed by atoms with Crippen LogP contribution in [0.4, 0.5) is 10.1 Å². The number of nitrogens with one attached hydrogen (secondary N) is 1. The number of ether oxygens (including phenoxy) is 1. The Bertz CT molecular complexity index is 779. The second kappa shape index (κ2) is 7.34. The second-order valence-electron chi connectivity index (χ2n) is 5.98. The first-order chi connectivity index (χ1) is 12.0. The van der Waals surface area contributed by atoms with Gasteiger partial charge in [-0.3, -0.25) is 9.59 Å². The third-order valence-electron chi connectivity index (χ3n) is 3.93. The number of benzene rings is 2. The van der Waals surface area contributed by atoms with Crippen molar-refractivity contribution in [2.75, 3.05) is 18.0 Å². The van der Waals surface area contributed by atoms with Crippen LogP contribution < -0.4 is 15.0 Å². The van der Waals surface area contributed by atoms with Crippen LogP contribution in [0.1, 0.15) is 12.5 Å². The van der Waals surface area contributed by atoms with Gasteiger partial charge in [0.15, 0.2) is 0 Å². The van der Waals surface area contributed by atoms with Crippen LogP contribution in [-0.4, -0.2) is 31.0 Å². The fourth-order valence-corrected chi connectivity index (χ4v) is 2.76. The van der Waals surface area contributed by atoms with Gasteiger partial charge < -0.3 is 15.0 Å². The Hall–Kier alpha value is -2.89. The lowest BCUT2D eigenvalue weighted by Crippen LogP contribution is -2.46. The molecule has 1 atom stereocenters. The van der Waals surface area contributed by atoms with E-state index >= 15 is 0 Å². The normalized spacial score (nSPS) is 15.9. The zero-order chi connectivity index (χ0) is 17.8. The first kappa shape index (κ1) is 17.0. The van der Waals surface area contributed by atoms with Gasteiger partial charge in [0, 0.05) is 6.07 Å². The number of carbonyl (C=O) groups is 2. The summed E-state index contributed by atoms with van der Waals surface area (Å²) >= 11 is 0. The number of fused-ring (bicyclic) bond motifs is 1. The molecule has 25 heavy (non-hydrogen) atoms. The summed E-state index contributed by atoms with van der Waals surface area (Å²) in [4.78, 5) is 26.0. The first-order valence-corrected chi connectivity index (χ1v) is 8.10. The smallest absolute Gasteiger partial charge is 0.246 e. The molecule has 0 aromatic heterocycles. The molecule has 1 aliphatic heterocycles. The number of nitrogens with zero attached hydrogens (tertiary/aromatic N) is 1. The Balaban J connectivity index is 1.63. The zero-order valence-corrected chi connectivity index (χ0v) is 13.9. The summed E-state index contributed by atoms with van der Waals surface area (Å²) in [6.07, 6.45) is -0.0339. The van der Waals surface area contributed by atoms with E-state index < -0.39 is 5.82 Å². The molecule has 0 saturated carbocycles. The van der Waals surface area contributed by atoms with Crippen LogP contribution in [0.15, 0.2) is 48.5 Å². The van der Waals surface area contributed by atoms with Crippen molar-refractivity contribution in [3.8, 4) is 5.75 Å². The van der Waals surface area contributed by atoms with E-state index in [-0.39, 0.29) is 30.9 Å². The van der Waals surface area contributed by atoms with Gasteiger partial charge in [0.1, 0.15) is 17.7 Å². The van der Waals surface area contributed by atoms with Crippen LogP contribution >= 0.6 is 0 Å². The Morgan fingerprint density at radius 3 is 2.76 bits per heavy atom. The van der Waals surface area contributed by atoms with Crippen LogP contribution in [0.5, 0.6) is 5.75 Å². The topological polar surface area (TPSA) is 58.6 Å². The largest absolute Gasteiger partial charge is 0.487 e. The predicted octanol–water partition coefficient (Wildman–Crippen LogP) is 2.30. The molecule has 1 N–H and O–H groups in total. The molecule has 0 saturated heterocycles. The second-order valence-corrected chi connectivity index (χ2v) is 5.98. The van der Waals surface area contributed by atoms with E-state index in [1.165, 1.54) is 23.1 Å². The van der Waals surface area contributed by atoms with E-state index in [2.05, 4.69) is 5.32 Å². The van der Waals surface area contributed by atoms with E-state index in [9.17, 15) is 14.0 Å². The molecule has 0 spiro atoms. The number of amides is 2. The van der Waals surface area contributed by atoms with Crippen molar-refractivity contribution in [1.29, 1.82) is 0 Å². The highest BCUT2D eigenvalue weighted by Crippen LogP contribution is 2.33. The van der Waals surface area contributed by atoms with Gasteiger partial charge in [0.2, 0.25) is 11.8 Å². The highest BCUT2D eigenvalue weighted by molar-refractivity contribution is 5.98. The minimum atomic E-state index is -0.420. The Morgan fingerprint density at radius 2 is 2.00 bits per heavy atom. The van der Waals surface area contributed by atoms with E-state index in [0.29, 0.717) is 18.0 Å². The van der Waals surface area contributed by atoms with Crippen LogP contribution in [0.25, 0.3) is 0 Å². The maximum absolute atomic E-state index is 13.4. The predicted molar refractivity (Wildman–Crippen MR) is 92.0 cm³/mol. The number of carbonyl (C=O) groups excluding carboxylic acids is 2. The Kier molecular flexibility index (Phi) is 4.97. The Labute approximate surface area is 145 Å². The number of anilines is 1. The average molecular weight is 342 g/mol. The van der Waals surface area contributed by atoms with E-state index in [1.54, 1.807) is 0 Å². The third kappa shape index (κ3) is 4.15. The summed E-state index contributed by atoms with van der Waals surface area (Å²) in [5.41, 5.74) is 1.40. The summed E-state index contributed by atoms with van der Waals surface area (Å²) in [5, 5.41) is 2.64. The molecule has 1 heterocycles. The standard InChI is InChI=1S/C19H19FN2O3/c1-13-12-22(16-8-7-15(20)10-17(16)25-13)19(24)11-21-18(23)9-14-5-3-2-4-6-14/h2-8,10,13H,9,11-12H2,1H3,(H,21,23). The highest BCUT2D eigenvalue weighted by Gasteiger charge is 2.28. The molecule has 1 unspecified atom stereocenters. The summed E-state index contributed by atoms with van der Waals surface area (Å²) < 4.78 is 18.9. The molecule has 3 rings (SSSR count). The van der Waals surface area contributed by atoms with Crippen LogP contribution in [-0.2, 0) is 16.0 Å². The molecule has 0 fully saturated rings. The quantitative estimate of drug-likeness (QED) is 0.927. The molecule has 0 bridgehead atoms. The molecular weight excluding hydrogens is 323 g/mol. The molecular formula is C19H19FN2O3. The lowest BCUT2D eigenvalue weighted by molar-refractivity contribution is -0.124. The van der Waals surface area contributed by atoms with E-state index in [4.69, 9.17) is 4.74 Å². The first-order valence-electron chi connectivity index (χ1n) is 8.10. The molecule has 1 aliphatic rings. The van der Waals surface area contributed by atoms with Gasteiger partial charge in [-0.15, -0.1) is 0 Å². The lowest BCUT2D eigenvalue weighted by Gasteiger charge is -2.33. The van der Waals surface area contributed by atoms with Gasteiger partial charge in [0.25, 0.3) is 0 Å². The third-order valence-corrected chi connectivity index (χ3v) is 3.93. The van der Waals surface area contributed by atoms with Crippen molar-refractivity contribution in [3.05, 3.63) is 59.9 Å². The monoisotopic (exact) mass is 342 g/mol. The molecule has 2 aromatic rings. The average Bonchev–Trinajstić information content (AvgIpc) is 2.59. The van der Waals surface area contributed by atoms with Gasteiger partial charge in [-0.1, -0.05) is 30.3 Å². The molecule has 6 heteroatoms. The van der Waals surface area contributed by atoms with Crippen molar-refractivity contribution < 1.29 is 18.7 Å². The van der Waals surface area contributed by atoms with Crippen molar-refractivity contribution in [2.24, 2.45) is 0 Å². The summed E-state index contributed by atoms with van der Waals surface area (Å²) in [7, 11) is 0. The van der Waals surface area contributed by atoms with Gasteiger partial charge in [-0.25, -0.2) is 4.39 Å². The van der Waals surface area contributed by atoms with Crippen molar-refractivity contribution in [2.45, 2.75) is 19.4 Å². The lowest BCUT2D eigenvalue weighted by atomic mass is 10.1. The van der Waals surface area contributed by atoms with E-state index in [0.717, 1.165) is 5.56 Å². The van der Waals surface area contributed by atoms with Crippen molar-refractivity contribution >= 4 is 17.5 Å². The highest BCUT2D eigenvalue weighted by atomic mass is 19.1. The minimum Gasteiger partial charge on any atom is -0.487 e. The van der Waals surface area contributed by atoms with Crippen LogP contribution in [0.3, 0.4) is 0 Å². The molecule has 5 nitrogen and oxygen atoms in total. The molecule has 0 aliphatic carbocycles. The van der Waals surface area contributed by atoms with Crippen LogP contribution in [0, 0.1) is 5.82 Å². The molecule has 130 valence electrons. The summed E-state index contributed by atoms with van der Waals surface area (Å²) in [6.45, 7) is 2.04. The summed E-state index contributed by atoms with van der Waals surface area (Å²) in [6, 6.07) is 13.4. The number of hydrogen-bond donors (Lipinski definition) is 1. The van der Waals surface area contributed by atoms with Gasteiger partial charge in [-0.05, 0) is 24.6 Å². The number of hydrogen-bond acceptors (Lipinski definition) is 3. The van der Waals surface area contributed by atoms with Gasteiger partial charge >= 0.3 is 0 Å². The minimum absolute atomic E-state index is 0.116. The fraction of sp³-hybridized carbons (Fsp3) is 0.263. The van der Waals surface area contributed by atoms with Gasteiger partial charge in [0.05, 0.1) is 25.2 Å². The number of rotatable bonds is 4. The fourth-order valence-electron chi connectivity index (χ4n) is 2.76. The number of halogens is 1. The maximum atomic E-state index is 13.4. The van der Waals surface area contributed by atoms with Crippen molar-refractivity contribution in [3.63, 3.8) is 0 Å². The molecule has 2 aromatic carbocycles. The van der Waals surface area contributed by atoms with Crippen LogP contribution in [0.2, 0.25) is 0 Å². The Morgan fingerprint density at radius 1 is 1.24 bits per heavy atom. The van der Waals surface area contributed by atoms with Crippen molar-refractivity contribution in [1.82, 2.24) is 5.32 Å². The molecule has 0 radical (unpaired) electrons. The maximum Gasteiger partial charge on any atom is 0.246 e. The van der Waals surface area contributed by atoms with E-state index in [1.807, 2.05) is 37.3 Å². The zero-order valence-electron chi connectivity index (χ0n) is 13.9.